The van der Waals surface area contributed by atoms with Gasteiger partial charge in [-0.1, -0.05) is 0 Å². The first-order valence-electron chi connectivity index (χ1n) is 3.47. The van der Waals surface area contributed by atoms with E-state index in [1.54, 1.807) is 11.9 Å². The van der Waals surface area contributed by atoms with E-state index in [1.807, 2.05) is 14.1 Å². The Hall–Kier alpha value is -1.52. The predicted octanol–water partition coefficient (Wildman–Crippen LogP) is 0.184. The highest BCUT2D eigenvalue weighted by Gasteiger charge is 2.11. The first-order valence-corrected chi connectivity index (χ1v) is 3.47. The Morgan fingerprint density at radius 3 is 2.50 bits per heavy atom. The van der Waals surface area contributed by atoms with Crippen LogP contribution < -0.4 is 4.90 Å². The average Bonchev–Trinajstić information content (AvgIpc) is 2.30. The molecule has 12 heavy (non-hydrogen) atoms. The van der Waals surface area contributed by atoms with Gasteiger partial charge in [-0.2, -0.15) is 5.10 Å². The van der Waals surface area contributed by atoms with Crippen molar-refractivity contribution < 1.29 is 9.90 Å². The van der Waals surface area contributed by atoms with E-state index in [1.165, 1.54) is 10.7 Å². The fraction of sp³-hybridized carbons (Fsp3) is 0.429. The fourth-order valence-electron chi connectivity index (χ4n) is 0.980. The van der Waals surface area contributed by atoms with Gasteiger partial charge in [0.25, 0.3) is 0 Å². The molecule has 0 aliphatic carbocycles. The molecule has 0 radical (unpaired) electrons. The lowest BCUT2D eigenvalue weighted by Gasteiger charge is -2.10. The van der Waals surface area contributed by atoms with Crippen LogP contribution in [0.2, 0.25) is 0 Å². The molecule has 5 nitrogen and oxygen atoms in total. The van der Waals surface area contributed by atoms with E-state index < -0.39 is 5.97 Å². The van der Waals surface area contributed by atoms with E-state index in [4.69, 9.17) is 5.11 Å². The summed E-state index contributed by atoms with van der Waals surface area (Å²) in [6, 6.07) is 1.53. The highest BCUT2D eigenvalue weighted by Crippen LogP contribution is 2.11. The fourth-order valence-corrected chi connectivity index (χ4v) is 0.980. The number of anilines is 1. The van der Waals surface area contributed by atoms with Crippen LogP contribution in [0.3, 0.4) is 0 Å². The number of rotatable bonds is 2. The second-order valence-corrected chi connectivity index (χ2v) is 2.71. The minimum Gasteiger partial charge on any atom is -0.476 e. The van der Waals surface area contributed by atoms with Gasteiger partial charge in [-0.25, -0.2) is 4.79 Å². The number of hydrogen-bond donors (Lipinski definition) is 1. The van der Waals surface area contributed by atoms with E-state index in [2.05, 4.69) is 5.10 Å². The zero-order valence-electron chi connectivity index (χ0n) is 7.27. The minimum atomic E-state index is -1.00. The van der Waals surface area contributed by atoms with Crippen molar-refractivity contribution in [2.45, 2.75) is 0 Å². The van der Waals surface area contributed by atoms with Gasteiger partial charge in [-0.15, -0.1) is 0 Å². The largest absolute Gasteiger partial charge is 0.476 e. The highest BCUT2D eigenvalue weighted by molar-refractivity contribution is 5.86. The Morgan fingerprint density at radius 1 is 1.67 bits per heavy atom. The number of carboxylic acids is 1. The predicted molar refractivity (Wildman–Crippen MR) is 44.5 cm³/mol. The summed E-state index contributed by atoms with van der Waals surface area (Å²) in [5.41, 5.74) is 0.0706. The molecule has 1 aromatic heterocycles. The molecule has 0 amide bonds. The third kappa shape index (κ3) is 1.39. The molecule has 0 unspecified atom stereocenters. The standard InChI is InChI=1S/C7H11N3O2/c1-9(2)6-4-5(7(11)12)8-10(6)3/h4H,1-3H3,(H,11,12). The van der Waals surface area contributed by atoms with Gasteiger partial charge in [0.1, 0.15) is 5.82 Å². The summed E-state index contributed by atoms with van der Waals surface area (Å²) < 4.78 is 1.53. The van der Waals surface area contributed by atoms with Crippen LogP contribution in [-0.2, 0) is 7.05 Å². The van der Waals surface area contributed by atoms with Gasteiger partial charge >= 0.3 is 5.97 Å². The Balaban J connectivity index is 3.09. The van der Waals surface area contributed by atoms with Crippen molar-refractivity contribution >= 4 is 11.8 Å². The molecule has 5 heteroatoms. The maximum Gasteiger partial charge on any atom is 0.356 e. The summed E-state index contributed by atoms with van der Waals surface area (Å²) in [4.78, 5) is 12.3. The second kappa shape index (κ2) is 2.84. The highest BCUT2D eigenvalue weighted by atomic mass is 16.4. The molecule has 0 atom stereocenters. The molecule has 0 aromatic carbocycles. The molecule has 66 valence electrons. The van der Waals surface area contributed by atoms with Crippen molar-refractivity contribution in [2.75, 3.05) is 19.0 Å². The summed E-state index contributed by atoms with van der Waals surface area (Å²) in [5.74, 6) is -0.230. The summed E-state index contributed by atoms with van der Waals surface area (Å²) in [7, 11) is 5.38. The van der Waals surface area contributed by atoms with E-state index in [9.17, 15) is 4.79 Å². The van der Waals surface area contributed by atoms with Crippen LogP contribution in [-0.4, -0.2) is 35.0 Å². The van der Waals surface area contributed by atoms with Gasteiger partial charge in [-0.05, 0) is 0 Å². The average molecular weight is 169 g/mol. The molecule has 0 aliphatic heterocycles. The Kier molecular flexibility index (Phi) is 2.03. The second-order valence-electron chi connectivity index (χ2n) is 2.71. The molecule has 0 aliphatic rings. The zero-order chi connectivity index (χ0) is 9.30. The van der Waals surface area contributed by atoms with Crippen molar-refractivity contribution in [1.29, 1.82) is 0 Å². The number of aryl methyl sites for hydroxylation is 1. The van der Waals surface area contributed by atoms with Crippen LogP contribution >= 0.6 is 0 Å². The van der Waals surface area contributed by atoms with Gasteiger partial charge in [0.05, 0.1) is 0 Å². The van der Waals surface area contributed by atoms with Gasteiger partial charge < -0.3 is 10.0 Å². The van der Waals surface area contributed by atoms with E-state index in [-0.39, 0.29) is 5.69 Å². The lowest BCUT2D eigenvalue weighted by molar-refractivity contribution is 0.0689. The number of nitrogens with zero attached hydrogens (tertiary/aromatic N) is 3. The van der Waals surface area contributed by atoms with Crippen molar-refractivity contribution in [1.82, 2.24) is 9.78 Å². The normalized spacial score (nSPS) is 9.92. The Bertz CT molecular complexity index is 304. The van der Waals surface area contributed by atoms with E-state index >= 15 is 0 Å². The van der Waals surface area contributed by atoms with Crippen LogP contribution in [0.15, 0.2) is 6.07 Å². The van der Waals surface area contributed by atoms with Crippen LogP contribution in [0.4, 0.5) is 5.82 Å². The smallest absolute Gasteiger partial charge is 0.356 e. The van der Waals surface area contributed by atoms with E-state index in [0.29, 0.717) is 0 Å². The number of carbonyl (C=O) groups is 1. The summed E-state index contributed by atoms with van der Waals surface area (Å²) in [6.07, 6.45) is 0. The maximum atomic E-state index is 10.5. The Labute approximate surface area is 70.2 Å². The van der Waals surface area contributed by atoms with Crippen LogP contribution in [0.1, 0.15) is 10.5 Å². The zero-order valence-corrected chi connectivity index (χ0v) is 7.27. The summed E-state index contributed by atoms with van der Waals surface area (Å²) >= 11 is 0. The molecule has 0 saturated carbocycles. The SMILES string of the molecule is CN(C)c1cc(C(=O)O)nn1C. The van der Waals surface area contributed by atoms with Gasteiger partial charge in [0, 0.05) is 27.2 Å². The van der Waals surface area contributed by atoms with Crippen molar-refractivity contribution in [2.24, 2.45) is 7.05 Å². The minimum absolute atomic E-state index is 0.0706. The van der Waals surface area contributed by atoms with Crippen molar-refractivity contribution in [3.63, 3.8) is 0 Å². The van der Waals surface area contributed by atoms with E-state index in [0.717, 1.165) is 5.82 Å². The van der Waals surface area contributed by atoms with Crippen LogP contribution in [0.25, 0.3) is 0 Å². The molecule has 0 spiro atoms. The molecule has 1 N–H and O–H groups in total. The third-order valence-electron chi connectivity index (χ3n) is 1.53. The summed E-state index contributed by atoms with van der Waals surface area (Å²) in [6.45, 7) is 0. The maximum absolute atomic E-state index is 10.5. The molecule has 0 fully saturated rings. The molecular weight excluding hydrogens is 158 g/mol. The number of aromatic carboxylic acids is 1. The molecule has 1 heterocycles. The number of hydrogen-bond acceptors (Lipinski definition) is 3. The van der Waals surface area contributed by atoms with Crippen LogP contribution in [0, 0.1) is 0 Å². The third-order valence-corrected chi connectivity index (χ3v) is 1.53. The van der Waals surface area contributed by atoms with Gasteiger partial charge in [0.2, 0.25) is 0 Å². The van der Waals surface area contributed by atoms with Crippen molar-refractivity contribution in [3.8, 4) is 0 Å². The Morgan fingerprint density at radius 2 is 2.25 bits per heavy atom. The topological polar surface area (TPSA) is 58.4 Å². The molecule has 1 aromatic rings. The first-order chi connectivity index (χ1) is 5.52. The molecular formula is C7H11N3O2. The summed E-state index contributed by atoms with van der Waals surface area (Å²) in [5, 5.41) is 12.4. The molecule has 0 saturated heterocycles. The lowest BCUT2D eigenvalue weighted by atomic mass is 10.4. The molecule has 1 rings (SSSR count). The van der Waals surface area contributed by atoms with Crippen LogP contribution in [0.5, 0.6) is 0 Å². The first kappa shape index (κ1) is 8.58. The lowest BCUT2D eigenvalue weighted by Crippen LogP contribution is -2.12. The quantitative estimate of drug-likeness (QED) is 0.686. The monoisotopic (exact) mass is 169 g/mol. The van der Waals surface area contributed by atoms with Gasteiger partial charge in [0.15, 0.2) is 5.69 Å². The van der Waals surface area contributed by atoms with Crippen molar-refractivity contribution in [3.05, 3.63) is 11.8 Å². The number of carboxylic acid groups (broad SMARTS) is 1. The molecule has 0 bridgehead atoms. The van der Waals surface area contributed by atoms with Gasteiger partial charge in [-0.3, -0.25) is 4.68 Å². The number of aromatic nitrogens is 2.